The summed E-state index contributed by atoms with van der Waals surface area (Å²) in [7, 11) is 2.07. The summed E-state index contributed by atoms with van der Waals surface area (Å²) >= 11 is 0. The first-order valence-electron chi connectivity index (χ1n) is 14.0. The molecule has 0 bridgehead atoms. The van der Waals surface area contributed by atoms with Gasteiger partial charge in [-0.15, -0.1) is 0 Å². The maximum Gasteiger partial charge on any atom is 0.307 e. The van der Waals surface area contributed by atoms with E-state index in [-0.39, 0.29) is 24.0 Å². The zero-order valence-electron chi connectivity index (χ0n) is 22.5. The van der Waals surface area contributed by atoms with E-state index in [4.69, 9.17) is 4.74 Å². The Balaban J connectivity index is 1.34. The van der Waals surface area contributed by atoms with Crippen molar-refractivity contribution >= 4 is 11.8 Å². The van der Waals surface area contributed by atoms with Gasteiger partial charge in [-0.3, -0.25) is 14.5 Å². The van der Waals surface area contributed by atoms with Crippen molar-refractivity contribution in [1.82, 2.24) is 4.90 Å². The molecule has 1 saturated heterocycles. The largest absolute Gasteiger partial charge is 0.490 e. The Hall–Kier alpha value is -2.66. The van der Waals surface area contributed by atoms with Crippen LogP contribution < -0.4 is 4.74 Å². The number of carboxylic acid groups (broad SMARTS) is 1. The Morgan fingerprint density at radius 1 is 1.05 bits per heavy atom. The number of rotatable bonds is 9. The van der Waals surface area contributed by atoms with E-state index in [9.17, 15) is 14.7 Å². The summed E-state index contributed by atoms with van der Waals surface area (Å²) in [4.78, 5) is 27.1. The lowest BCUT2D eigenvalue weighted by atomic mass is 9.76. The summed E-state index contributed by atoms with van der Waals surface area (Å²) in [6.45, 7) is 5.46. The van der Waals surface area contributed by atoms with Gasteiger partial charge in [0.1, 0.15) is 11.5 Å². The molecule has 0 aromatic heterocycles. The van der Waals surface area contributed by atoms with Crippen LogP contribution in [0.3, 0.4) is 0 Å². The van der Waals surface area contributed by atoms with Crippen molar-refractivity contribution in [3.05, 3.63) is 53.6 Å². The maximum atomic E-state index is 13.1. The third kappa shape index (κ3) is 5.77. The van der Waals surface area contributed by atoms with Gasteiger partial charge in [0, 0.05) is 18.5 Å². The smallest absolute Gasteiger partial charge is 0.307 e. The second-order valence-corrected chi connectivity index (χ2v) is 12.5. The fourth-order valence-electron chi connectivity index (χ4n) is 6.90. The van der Waals surface area contributed by atoms with Gasteiger partial charge in [0.25, 0.3) is 0 Å². The molecule has 2 saturated carbocycles. The Kier molecular flexibility index (Phi) is 7.44. The highest BCUT2D eigenvalue weighted by Crippen LogP contribution is 2.45. The fraction of sp³-hybridized carbons (Fsp3) is 0.562. The molecule has 0 amide bonds. The molecule has 3 atom stereocenters. The predicted molar refractivity (Wildman–Crippen MR) is 146 cm³/mol. The molecule has 0 spiro atoms. The molecule has 5 rings (SSSR count). The number of hydrogen-bond acceptors (Lipinski definition) is 4. The van der Waals surface area contributed by atoms with E-state index >= 15 is 0 Å². The number of ether oxygens (including phenoxy) is 1. The van der Waals surface area contributed by atoms with E-state index in [0.717, 1.165) is 54.7 Å². The van der Waals surface area contributed by atoms with Gasteiger partial charge < -0.3 is 9.84 Å². The van der Waals surface area contributed by atoms with Crippen LogP contribution in [0.1, 0.15) is 82.3 Å². The normalized spacial score (nSPS) is 25.6. The minimum atomic E-state index is -0.834. The topological polar surface area (TPSA) is 66.8 Å². The van der Waals surface area contributed by atoms with Gasteiger partial charge in [0.05, 0.1) is 18.6 Å². The van der Waals surface area contributed by atoms with E-state index in [1.807, 2.05) is 24.3 Å². The van der Waals surface area contributed by atoms with Crippen LogP contribution in [0.25, 0.3) is 11.1 Å². The molecule has 1 heterocycles. The third-order valence-corrected chi connectivity index (χ3v) is 8.83. The number of likely N-dealkylation sites (N-methyl/N-ethyl adjacent to an activating group) is 1. The molecule has 2 aromatic carbocycles. The lowest BCUT2D eigenvalue weighted by Crippen LogP contribution is -2.33. The molecule has 0 radical (unpaired) electrons. The molecular weight excluding hydrogens is 462 g/mol. The molecule has 5 nitrogen and oxygen atoms in total. The quantitative estimate of drug-likeness (QED) is 0.424. The average molecular weight is 504 g/mol. The summed E-state index contributed by atoms with van der Waals surface area (Å²) in [5.74, 6) is 1.20. The maximum absolute atomic E-state index is 13.1. The zero-order chi connectivity index (χ0) is 26.2. The number of likely N-dealkylation sites (tertiary alicyclic amines) is 1. The lowest BCUT2D eigenvalue weighted by molar-refractivity contribution is -0.136. The number of Topliss-reactive ketones (excluding diaryl/α,β-unsaturated/α-hetero) is 1. The molecule has 5 heteroatoms. The summed E-state index contributed by atoms with van der Waals surface area (Å²) in [6.07, 6.45) is 7.99. The molecule has 3 fully saturated rings. The molecule has 3 aliphatic rings. The molecular formula is C32H41NO4. The molecule has 37 heavy (non-hydrogen) atoms. The van der Waals surface area contributed by atoms with E-state index in [2.05, 4.69) is 44.0 Å². The van der Waals surface area contributed by atoms with Crippen LogP contribution in [0.5, 0.6) is 5.75 Å². The molecule has 1 N–H and O–H groups in total. The molecule has 1 aliphatic heterocycles. The van der Waals surface area contributed by atoms with Gasteiger partial charge in [-0.25, -0.2) is 0 Å². The predicted octanol–water partition coefficient (Wildman–Crippen LogP) is 6.49. The Bertz CT molecular complexity index is 1150. The second-order valence-electron chi connectivity index (χ2n) is 12.5. The molecule has 2 aromatic rings. The number of ketones is 1. The Labute approximate surface area is 221 Å². The third-order valence-electron chi connectivity index (χ3n) is 8.83. The Morgan fingerprint density at radius 2 is 1.84 bits per heavy atom. The minimum absolute atomic E-state index is 0.0292. The summed E-state index contributed by atoms with van der Waals surface area (Å²) < 4.78 is 6.65. The first-order valence-corrected chi connectivity index (χ1v) is 14.0. The van der Waals surface area contributed by atoms with Crippen molar-refractivity contribution in [2.75, 3.05) is 13.6 Å². The standard InChI is InChI=1S/C32H41NO4/c1-32(2)19-27(33(3)20-32)28(34)17-21-14-15-24(16-21)37-29-13-7-10-23(18-30(35)36)31(29)26-12-5-4-11-25(26)22-8-6-9-22/h4-5,7,10-13,21-22,24,27H,6,8-9,14-20H2,1-3H3,(H,35,36)/t21-,24-,27+/m1/s1. The monoisotopic (exact) mass is 503 g/mol. The van der Waals surface area contributed by atoms with E-state index in [0.29, 0.717) is 24.0 Å². The number of aliphatic carboxylic acids is 1. The van der Waals surface area contributed by atoms with Gasteiger partial charge in [-0.1, -0.05) is 56.7 Å². The summed E-state index contributed by atoms with van der Waals surface area (Å²) in [5, 5.41) is 9.63. The van der Waals surface area contributed by atoms with Gasteiger partial charge in [0.15, 0.2) is 0 Å². The van der Waals surface area contributed by atoms with E-state index in [1.165, 1.54) is 24.8 Å². The minimum Gasteiger partial charge on any atom is -0.490 e. The first kappa shape index (κ1) is 26.0. The van der Waals surface area contributed by atoms with Crippen LogP contribution in [0.4, 0.5) is 0 Å². The van der Waals surface area contributed by atoms with Crippen molar-refractivity contribution in [1.29, 1.82) is 0 Å². The van der Waals surface area contributed by atoms with Gasteiger partial charge >= 0.3 is 5.97 Å². The van der Waals surface area contributed by atoms with Crippen molar-refractivity contribution in [3.63, 3.8) is 0 Å². The van der Waals surface area contributed by atoms with Crippen LogP contribution in [0.2, 0.25) is 0 Å². The van der Waals surface area contributed by atoms with E-state index < -0.39 is 5.97 Å². The van der Waals surface area contributed by atoms with Crippen LogP contribution in [0.15, 0.2) is 42.5 Å². The fourth-order valence-corrected chi connectivity index (χ4v) is 6.90. The van der Waals surface area contributed by atoms with Crippen LogP contribution >= 0.6 is 0 Å². The average Bonchev–Trinajstić information content (AvgIpc) is 3.35. The van der Waals surface area contributed by atoms with Gasteiger partial charge in [-0.2, -0.15) is 0 Å². The SMILES string of the molecule is CN1CC(C)(C)C[C@H]1C(=O)C[C@@H]1CC[C@@H](Oc2cccc(CC(=O)O)c2-c2ccccc2C2CCC2)C1. The number of benzene rings is 2. The van der Waals surface area contributed by atoms with Crippen LogP contribution in [-0.2, 0) is 16.0 Å². The number of carboxylic acids is 1. The van der Waals surface area contributed by atoms with Gasteiger partial charge in [-0.05, 0) is 85.6 Å². The first-order chi connectivity index (χ1) is 17.7. The van der Waals surface area contributed by atoms with Crippen molar-refractivity contribution in [2.24, 2.45) is 11.3 Å². The highest BCUT2D eigenvalue weighted by atomic mass is 16.5. The van der Waals surface area contributed by atoms with Crippen molar-refractivity contribution < 1.29 is 19.4 Å². The van der Waals surface area contributed by atoms with Crippen molar-refractivity contribution in [3.8, 4) is 16.9 Å². The molecule has 198 valence electrons. The van der Waals surface area contributed by atoms with Gasteiger partial charge in [0.2, 0.25) is 0 Å². The molecule has 0 unspecified atom stereocenters. The van der Waals surface area contributed by atoms with E-state index in [1.54, 1.807) is 0 Å². The highest BCUT2D eigenvalue weighted by molar-refractivity contribution is 5.85. The number of carbonyl (C=O) groups excluding carboxylic acids is 1. The number of hydrogen-bond donors (Lipinski definition) is 1. The zero-order valence-corrected chi connectivity index (χ0v) is 22.5. The van der Waals surface area contributed by atoms with Crippen molar-refractivity contribution in [2.45, 2.75) is 89.7 Å². The highest BCUT2D eigenvalue weighted by Gasteiger charge is 2.40. The molecule has 2 aliphatic carbocycles. The summed E-state index contributed by atoms with van der Waals surface area (Å²) in [6, 6.07) is 14.3. The summed E-state index contributed by atoms with van der Waals surface area (Å²) in [5.41, 5.74) is 4.34. The second kappa shape index (κ2) is 10.6. The van der Waals surface area contributed by atoms with Crippen LogP contribution in [0, 0.1) is 11.3 Å². The Morgan fingerprint density at radius 3 is 2.51 bits per heavy atom. The van der Waals surface area contributed by atoms with Crippen LogP contribution in [-0.4, -0.2) is 47.5 Å². The lowest BCUT2D eigenvalue weighted by Gasteiger charge is -2.29. The number of carbonyl (C=O) groups is 2. The number of nitrogens with zero attached hydrogens (tertiary/aromatic N) is 1.